The standard InChI is InChI=1S/C11H10Cl3NO2/c12-8(6-1-2-6)3-7-4-9(13)10(14)5-11(7)15(16)17/h4-6,8H,1-3H2. The summed E-state index contributed by atoms with van der Waals surface area (Å²) in [6.07, 6.45) is 2.66. The van der Waals surface area contributed by atoms with E-state index in [-0.39, 0.29) is 16.1 Å². The number of hydrogen-bond donors (Lipinski definition) is 0. The Morgan fingerprint density at radius 3 is 2.47 bits per heavy atom. The maximum Gasteiger partial charge on any atom is 0.274 e. The van der Waals surface area contributed by atoms with Gasteiger partial charge in [-0.15, -0.1) is 11.6 Å². The summed E-state index contributed by atoms with van der Waals surface area (Å²) < 4.78 is 0. The Morgan fingerprint density at radius 1 is 1.35 bits per heavy atom. The molecule has 92 valence electrons. The maximum absolute atomic E-state index is 10.9. The van der Waals surface area contributed by atoms with Crippen molar-refractivity contribution in [2.24, 2.45) is 5.92 Å². The third-order valence-corrected chi connectivity index (χ3v) is 4.10. The fourth-order valence-corrected chi connectivity index (χ4v) is 2.51. The highest BCUT2D eigenvalue weighted by Crippen LogP contribution is 2.39. The molecule has 1 fully saturated rings. The van der Waals surface area contributed by atoms with Crippen LogP contribution in [-0.2, 0) is 6.42 Å². The lowest BCUT2D eigenvalue weighted by atomic mass is 10.1. The molecule has 1 aromatic rings. The average Bonchev–Trinajstić information content (AvgIpc) is 3.06. The van der Waals surface area contributed by atoms with Crippen LogP contribution < -0.4 is 0 Å². The van der Waals surface area contributed by atoms with Crippen molar-refractivity contribution in [2.45, 2.75) is 24.6 Å². The Morgan fingerprint density at radius 2 is 1.94 bits per heavy atom. The lowest BCUT2D eigenvalue weighted by Gasteiger charge is -2.09. The number of nitro benzene ring substituents is 1. The molecular formula is C11H10Cl3NO2. The van der Waals surface area contributed by atoms with Crippen LogP contribution in [0.15, 0.2) is 12.1 Å². The fourth-order valence-electron chi connectivity index (χ4n) is 1.75. The smallest absolute Gasteiger partial charge is 0.258 e. The van der Waals surface area contributed by atoms with Crippen molar-refractivity contribution in [2.75, 3.05) is 0 Å². The number of halogens is 3. The van der Waals surface area contributed by atoms with Gasteiger partial charge in [0, 0.05) is 17.0 Å². The van der Waals surface area contributed by atoms with E-state index in [0.29, 0.717) is 22.9 Å². The number of nitrogens with zero attached hydrogens (tertiary/aromatic N) is 1. The Kier molecular flexibility index (Phi) is 3.81. The van der Waals surface area contributed by atoms with Crippen LogP contribution in [0.1, 0.15) is 18.4 Å². The number of hydrogen-bond acceptors (Lipinski definition) is 2. The summed E-state index contributed by atoms with van der Waals surface area (Å²) >= 11 is 17.8. The lowest BCUT2D eigenvalue weighted by molar-refractivity contribution is -0.385. The second-order valence-electron chi connectivity index (χ2n) is 4.21. The second-order valence-corrected chi connectivity index (χ2v) is 5.58. The van der Waals surface area contributed by atoms with Crippen LogP contribution in [0.3, 0.4) is 0 Å². The molecule has 0 radical (unpaired) electrons. The van der Waals surface area contributed by atoms with E-state index in [9.17, 15) is 10.1 Å². The van der Waals surface area contributed by atoms with E-state index < -0.39 is 4.92 Å². The molecule has 0 aliphatic heterocycles. The number of rotatable bonds is 4. The van der Waals surface area contributed by atoms with Gasteiger partial charge in [0.25, 0.3) is 5.69 Å². The van der Waals surface area contributed by atoms with Gasteiger partial charge in [-0.25, -0.2) is 0 Å². The first-order valence-corrected chi connectivity index (χ1v) is 6.44. The van der Waals surface area contributed by atoms with Crippen LogP contribution in [0, 0.1) is 16.0 Å². The van der Waals surface area contributed by atoms with Gasteiger partial charge >= 0.3 is 0 Å². The Hall–Kier alpha value is -0.510. The Balaban J connectivity index is 2.29. The first-order valence-electron chi connectivity index (χ1n) is 5.25. The van der Waals surface area contributed by atoms with Crippen molar-refractivity contribution in [3.8, 4) is 0 Å². The van der Waals surface area contributed by atoms with Crippen LogP contribution in [-0.4, -0.2) is 10.3 Å². The van der Waals surface area contributed by atoms with E-state index >= 15 is 0 Å². The monoisotopic (exact) mass is 293 g/mol. The topological polar surface area (TPSA) is 43.1 Å². The molecule has 1 aliphatic rings. The van der Waals surface area contributed by atoms with Gasteiger partial charge in [-0.3, -0.25) is 10.1 Å². The highest BCUT2D eigenvalue weighted by Gasteiger charge is 2.31. The highest BCUT2D eigenvalue weighted by molar-refractivity contribution is 6.42. The van der Waals surface area contributed by atoms with Gasteiger partial charge < -0.3 is 0 Å². The molecule has 2 rings (SSSR count). The summed E-state index contributed by atoms with van der Waals surface area (Å²) in [5, 5.41) is 11.4. The third kappa shape index (κ3) is 3.03. The van der Waals surface area contributed by atoms with Crippen LogP contribution in [0.25, 0.3) is 0 Å². The maximum atomic E-state index is 10.9. The summed E-state index contributed by atoms with van der Waals surface area (Å²) in [4.78, 5) is 10.5. The molecule has 0 heterocycles. The molecule has 0 saturated heterocycles. The molecule has 1 aromatic carbocycles. The van der Waals surface area contributed by atoms with Crippen LogP contribution >= 0.6 is 34.8 Å². The van der Waals surface area contributed by atoms with E-state index in [1.54, 1.807) is 6.07 Å². The van der Waals surface area contributed by atoms with E-state index in [1.807, 2.05) is 0 Å². The SMILES string of the molecule is O=[N+]([O-])c1cc(Cl)c(Cl)cc1CC(Cl)C1CC1. The average molecular weight is 295 g/mol. The van der Waals surface area contributed by atoms with Crippen LogP contribution in [0.4, 0.5) is 5.69 Å². The minimum Gasteiger partial charge on any atom is -0.258 e. The number of alkyl halides is 1. The fraction of sp³-hybridized carbons (Fsp3) is 0.455. The van der Waals surface area contributed by atoms with Crippen molar-refractivity contribution in [1.29, 1.82) is 0 Å². The van der Waals surface area contributed by atoms with Gasteiger partial charge in [0.05, 0.1) is 15.0 Å². The van der Waals surface area contributed by atoms with Crippen molar-refractivity contribution in [1.82, 2.24) is 0 Å². The first kappa shape index (κ1) is 12.9. The van der Waals surface area contributed by atoms with E-state index in [1.165, 1.54) is 6.07 Å². The van der Waals surface area contributed by atoms with Crippen molar-refractivity contribution in [3.05, 3.63) is 37.9 Å². The molecule has 6 heteroatoms. The van der Waals surface area contributed by atoms with E-state index in [4.69, 9.17) is 34.8 Å². The molecule has 1 unspecified atom stereocenters. The van der Waals surface area contributed by atoms with E-state index in [0.717, 1.165) is 12.8 Å². The molecule has 17 heavy (non-hydrogen) atoms. The van der Waals surface area contributed by atoms with Gasteiger partial charge in [-0.05, 0) is 31.2 Å². The van der Waals surface area contributed by atoms with Crippen LogP contribution in [0.5, 0.6) is 0 Å². The number of benzene rings is 1. The molecular weight excluding hydrogens is 284 g/mol. The predicted molar refractivity (Wildman–Crippen MR) is 69.2 cm³/mol. The predicted octanol–water partition coefficient (Wildman–Crippen LogP) is 4.46. The van der Waals surface area contributed by atoms with Crippen LogP contribution in [0.2, 0.25) is 10.0 Å². The molecule has 0 amide bonds. The molecule has 0 N–H and O–H groups in total. The minimum atomic E-state index is -0.450. The molecule has 0 aromatic heterocycles. The van der Waals surface area contributed by atoms with Crippen molar-refractivity contribution in [3.63, 3.8) is 0 Å². The minimum absolute atomic E-state index is 0.00861. The highest BCUT2D eigenvalue weighted by atomic mass is 35.5. The van der Waals surface area contributed by atoms with Crippen molar-refractivity contribution < 1.29 is 4.92 Å². The molecule has 1 saturated carbocycles. The Bertz CT molecular complexity index is 460. The quantitative estimate of drug-likeness (QED) is 0.467. The van der Waals surface area contributed by atoms with Gasteiger partial charge in [0.1, 0.15) is 0 Å². The first-order chi connectivity index (χ1) is 7.99. The summed E-state index contributed by atoms with van der Waals surface area (Å²) in [5.41, 5.74) is 0.544. The normalized spacial score (nSPS) is 16.9. The second kappa shape index (κ2) is 5.01. The summed E-state index contributed by atoms with van der Waals surface area (Å²) in [5.74, 6) is 0.478. The van der Waals surface area contributed by atoms with Gasteiger partial charge in [-0.1, -0.05) is 23.2 Å². The molecule has 3 nitrogen and oxygen atoms in total. The molecule has 0 bridgehead atoms. The zero-order chi connectivity index (χ0) is 12.6. The zero-order valence-corrected chi connectivity index (χ0v) is 11.1. The number of nitro groups is 1. The van der Waals surface area contributed by atoms with Gasteiger partial charge in [-0.2, -0.15) is 0 Å². The molecule has 1 aliphatic carbocycles. The molecule has 0 spiro atoms. The Labute approximate surface area is 114 Å². The van der Waals surface area contributed by atoms with Crippen molar-refractivity contribution >= 4 is 40.5 Å². The third-order valence-electron chi connectivity index (χ3n) is 2.87. The molecule has 1 atom stereocenters. The van der Waals surface area contributed by atoms with Gasteiger partial charge in [0.15, 0.2) is 0 Å². The van der Waals surface area contributed by atoms with E-state index in [2.05, 4.69) is 0 Å². The summed E-state index contributed by atoms with van der Waals surface area (Å²) in [7, 11) is 0. The van der Waals surface area contributed by atoms with Gasteiger partial charge in [0.2, 0.25) is 0 Å². The largest absolute Gasteiger partial charge is 0.274 e. The summed E-state index contributed by atoms with van der Waals surface area (Å²) in [6, 6.07) is 2.83. The summed E-state index contributed by atoms with van der Waals surface area (Å²) in [6.45, 7) is 0. The lowest BCUT2D eigenvalue weighted by Crippen LogP contribution is -2.08. The zero-order valence-electron chi connectivity index (χ0n) is 8.83.